The Balaban J connectivity index is 1.68. The van der Waals surface area contributed by atoms with Crippen molar-refractivity contribution in [3.05, 3.63) is 36.5 Å². The molecule has 0 spiro atoms. The fraction of sp³-hybridized carbons (Fsp3) is 0.887. The van der Waals surface area contributed by atoms with Gasteiger partial charge in [0.2, 0.25) is 0 Å². The highest BCUT2D eigenvalue weighted by molar-refractivity contribution is 5.69. The van der Waals surface area contributed by atoms with Crippen LogP contribution in [-0.4, -0.2) is 142 Å². The Labute approximate surface area is 461 Å². The van der Waals surface area contributed by atoms with Gasteiger partial charge in [-0.3, -0.25) is 4.79 Å². The zero-order valence-electron chi connectivity index (χ0n) is 48.0. The van der Waals surface area contributed by atoms with Gasteiger partial charge in [-0.1, -0.05) is 211 Å². The van der Waals surface area contributed by atoms with Crippen molar-refractivity contribution in [1.82, 2.24) is 0 Å². The predicted octanol–water partition coefficient (Wildman–Crippen LogP) is 11.7. The number of carbonyl (C=O) groups is 1. The molecule has 2 heterocycles. The van der Waals surface area contributed by atoms with E-state index in [0.29, 0.717) is 13.0 Å². The van der Waals surface area contributed by atoms with Gasteiger partial charge in [0.05, 0.1) is 26.4 Å². The van der Waals surface area contributed by atoms with Gasteiger partial charge < -0.3 is 64.2 Å². The predicted molar refractivity (Wildman–Crippen MR) is 303 cm³/mol. The van der Waals surface area contributed by atoms with Gasteiger partial charge in [-0.25, -0.2) is 0 Å². The lowest BCUT2D eigenvalue weighted by molar-refractivity contribution is -0.332. The molecule has 446 valence electrons. The van der Waals surface area contributed by atoms with E-state index in [0.717, 1.165) is 57.8 Å². The highest BCUT2D eigenvalue weighted by atomic mass is 16.7. The second kappa shape index (κ2) is 49.1. The third-order valence-corrected chi connectivity index (χ3v) is 14.9. The molecule has 0 aliphatic carbocycles. The molecular formula is C62H114O14. The van der Waals surface area contributed by atoms with E-state index in [4.69, 9.17) is 28.4 Å². The third kappa shape index (κ3) is 35.1. The summed E-state index contributed by atoms with van der Waals surface area (Å²) in [5.74, 6) is -0.377. The highest BCUT2D eigenvalue weighted by Crippen LogP contribution is 2.27. The van der Waals surface area contributed by atoms with Crippen LogP contribution < -0.4 is 0 Å². The van der Waals surface area contributed by atoms with E-state index >= 15 is 0 Å². The molecule has 14 nitrogen and oxygen atoms in total. The largest absolute Gasteiger partial charge is 0.457 e. The van der Waals surface area contributed by atoms with E-state index in [-0.39, 0.29) is 25.6 Å². The Bertz CT molecular complexity index is 1400. The minimum absolute atomic E-state index is 0.0564. The Morgan fingerprint density at radius 2 is 0.816 bits per heavy atom. The van der Waals surface area contributed by atoms with E-state index in [9.17, 15) is 40.5 Å². The first kappa shape index (κ1) is 70.3. The van der Waals surface area contributed by atoms with Crippen molar-refractivity contribution in [2.75, 3.05) is 33.0 Å². The Hall–Kier alpha value is -1.79. The van der Waals surface area contributed by atoms with Gasteiger partial charge in [0.15, 0.2) is 12.6 Å². The zero-order chi connectivity index (χ0) is 55.1. The summed E-state index contributed by atoms with van der Waals surface area (Å²) in [6, 6.07) is 0. The zero-order valence-corrected chi connectivity index (χ0v) is 48.0. The highest BCUT2D eigenvalue weighted by Gasteiger charge is 2.47. The number of allylic oxidation sites excluding steroid dienone is 6. The summed E-state index contributed by atoms with van der Waals surface area (Å²) in [7, 11) is 0. The molecule has 2 aliphatic heterocycles. The number of hydrogen-bond donors (Lipinski definition) is 7. The number of carbonyl (C=O) groups excluding carboxylic acids is 1. The van der Waals surface area contributed by atoms with Gasteiger partial charge in [-0.05, 0) is 70.6 Å². The SMILES string of the molecule is CCCCCC/C=C\C/C=C\CCCCCCCCOCC(COC1OC(COC2OC(CO)C(O)C(O)C2O)C(O)C(O)C1O)OC(=O)CCCCCCCCCCCCCCC/C=C\CCCCCCCCCC. The van der Waals surface area contributed by atoms with Crippen LogP contribution in [-0.2, 0) is 33.2 Å². The summed E-state index contributed by atoms with van der Waals surface area (Å²) < 4.78 is 34.4. The lowest BCUT2D eigenvalue weighted by Crippen LogP contribution is -2.61. The molecule has 7 N–H and O–H groups in total. The van der Waals surface area contributed by atoms with Crippen LogP contribution in [0.3, 0.4) is 0 Å². The standard InChI is InChI=1S/C62H114O14/c1-3-5-7-9-11-13-15-17-19-21-22-23-24-25-26-27-28-29-31-33-35-37-39-41-43-45-54(64)74-51(48-71-46-44-42-40-38-36-34-32-30-20-18-16-14-12-10-8-6-4-2)49-72-61-60(70)58(68)56(66)53(76-61)50-73-62-59(69)57(67)55(65)52(47-63)75-62/h14,16,20-22,30,51-53,55-63,65-70H,3-13,15,17-19,23-29,31-50H2,1-2H3/b16-14-,22-21-,30-20-. The van der Waals surface area contributed by atoms with Crippen molar-refractivity contribution < 1.29 is 69.0 Å². The van der Waals surface area contributed by atoms with Gasteiger partial charge in [0, 0.05) is 13.0 Å². The molecule has 0 amide bonds. The van der Waals surface area contributed by atoms with Crippen LogP contribution in [0.2, 0.25) is 0 Å². The maximum absolute atomic E-state index is 13.1. The first-order valence-corrected chi connectivity index (χ1v) is 31.1. The van der Waals surface area contributed by atoms with Crippen LogP contribution in [0.1, 0.15) is 251 Å². The molecule has 2 saturated heterocycles. The van der Waals surface area contributed by atoms with Gasteiger partial charge in [0.25, 0.3) is 0 Å². The molecule has 2 rings (SSSR count). The second-order valence-corrected chi connectivity index (χ2v) is 21.9. The molecule has 11 atom stereocenters. The van der Waals surface area contributed by atoms with Crippen LogP contribution in [0.5, 0.6) is 0 Å². The van der Waals surface area contributed by atoms with Crippen LogP contribution in [0.4, 0.5) is 0 Å². The van der Waals surface area contributed by atoms with Crippen LogP contribution in [0, 0.1) is 0 Å². The molecule has 0 aromatic carbocycles. The molecule has 2 aliphatic rings. The quantitative estimate of drug-likeness (QED) is 0.0172. The normalized spacial score (nSPS) is 24.6. The molecule has 11 unspecified atom stereocenters. The number of unbranched alkanes of at least 4 members (excludes halogenated alkanes) is 31. The van der Waals surface area contributed by atoms with Crippen molar-refractivity contribution in [1.29, 1.82) is 0 Å². The fourth-order valence-electron chi connectivity index (χ4n) is 9.84. The number of esters is 1. The van der Waals surface area contributed by atoms with Crippen molar-refractivity contribution in [2.24, 2.45) is 0 Å². The van der Waals surface area contributed by atoms with E-state index in [2.05, 4.69) is 50.3 Å². The van der Waals surface area contributed by atoms with E-state index in [1.807, 2.05) is 0 Å². The molecule has 0 bridgehead atoms. The topological polar surface area (TPSA) is 214 Å². The molecular weight excluding hydrogens is 969 g/mol. The second-order valence-electron chi connectivity index (χ2n) is 21.9. The van der Waals surface area contributed by atoms with Crippen molar-refractivity contribution in [3.8, 4) is 0 Å². The fourth-order valence-corrected chi connectivity index (χ4v) is 9.84. The van der Waals surface area contributed by atoms with Gasteiger partial charge in [-0.2, -0.15) is 0 Å². The molecule has 0 saturated carbocycles. The van der Waals surface area contributed by atoms with Gasteiger partial charge in [0.1, 0.15) is 54.9 Å². The maximum Gasteiger partial charge on any atom is 0.306 e. The molecule has 76 heavy (non-hydrogen) atoms. The first-order valence-electron chi connectivity index (χ1n) is 31.1. The van der Waals surface area contributed by atoms with Crippen molar-refractivity contribution in [2.45, 2.75) is 319 Å². The first-order chi connectivity index (χ1) is 37.1. The minimum atomic E-state index is -1.71. The molecule has 2 fully saturated rings. The summed E-state index contributed by atoms with van der Waals surface area (Å²) >= 11 is 0. The van der Waals surface area contributed by atoms with Crippen molar-refractivity contribution >= 4 is 5.97 Å². The summed E-state index contributed by atoms with van der Waals surface area (Å²) in [6.07, 6.45) is 42.1. The smallest absolute Gasteiger partial charge is 0.306 e. The van der Waals surface area contributed by atoms with Crippen LogP contribution in [0.15, 0.2) is 36.5 Å². The number of rotatable bonds is 51. The molecule has 0 aromatic rings. The molecule has 0 aromatic heterocycles. The van der Waals surface area contributed by atoms with E-state index in [1.165, 1.54) is 167 Å². The Kier molecular flexibility index (Phi) is 45.4. The summed E-state index contributed by atoms with van der Waals surface area (Å²) in [4.78, 5) is 13.1. The monoisotopic (exact) mass is 1080 g/mol. The summed E-state index contributed by atoms with van der Waals surface area (Å²) in [6.45, 7) is 3.69. The molecule has 14 heteroatoms. The average molecular weight is 1080 g/mol. The van der Waals surface area contributed by atoms with Crippen LogP contribution in [0.25, 0.3) is 0 Å². The molecule has 0 radical (unpaired) electrons. The van der Waals surface area contributed by atoms with Gasteiger partial charge >= 0.3 is 5.97 Å². The maximum atomic E-state index is 13.1. The Morgan fingerprint density at radius 1 is 0.434 bits per heavy atom. The third-order valence-electron chi connectivity index (χ3n) is 14.9. The van der Waals surface area contributed by atoms with Crippen LogP contribution >= 0.6 is 0 Å². The number of hydrogen-bond acceptors (Lipinski definition) is 14. The average Bonchev–Trinajstić information content (AvgIpc) is 3.42. The number of aliphatic hydroxyl groups is 7. The lowest BCUT2D eigenvalue weighted by Gasteiger charge is -2.42. The van der Waals surface area contributed by atoms with E-state index in [1.54, 1.807) is 0 Å². The van der Waals surface area contributed by atoms with Crippen molar-refractivity contribution in [3.63, 3.8) is 0 Å². The lowest BCUT2D eigenvalue weighted by atomic mass is 9.98. The number of ether oxygens (including phenoxy) is 6. The Morgan fingerprint density at radius 3 is 1.29 bits per heavy atom. The number of aliphatic hydroxyl groups excluding tert-OH is 7. The van der Waals surface area contributed by atoms with E-state index < -0.39 is 80.7 Å². The summed E-state index contributed by atoms with van der Waals surface area (Å²) in [5.41, 5.74) is 0. The summed E-state index contributed by atoms with van der Waals surface area (Å²) in [5, 5.41) is 72.4. The minimum Gasteiger partial charge on any atom is -0.457 e. The van der Waals surface area contributed by atoms with Gasteiger partial charge in [-0.15, -0.1) is 0 Å².